The van der Waals surface area contributed by atoms with E-state index >= 15 is 0 Å². The number of halogens is 1. The first-order chi connectivity index (χ1) is 7.15. The summed E-state index contributed by atoms with van der Waals surface area (Å²) in [6.07, 6.45) is 0. The zero-order valence-electron chi connectivity index (χ0n) is 8.87. The number of hydrogen-bond acceptors (Lipinski definition) is 2. The van der Waals surface area contributed by atoms with Crippen molar-refractivity contribution in [2.75, 3.05) is 0 Å². The number of aromatic nitrogens is 2. The molecule has 0 amide bonds. The molecular weight excluding hydrogens is 210 g/mol. The van der Waals surface area contributed by atoms with E-state index in [1.165, 1.54) is 0 Å². The van der Waals surface area contributed by atoms with Gasteiger partial charge < -0.3 is 10.3 Å². The number of para-hydroxylation sites is 1. The highest BCUT2D eigenvalue weighted by molar-refractivity contribution is 6.35. The van der Waals surface area contributed by atoms with Crippen molar-refractivity contribution < 1.29 is 0 Å². The fourth-order valence-corrected chi connectivity index (χ4v) is 2.10. The molecule has 0 fully saturated rings. The van der Waals surface area contributed by atoms with Crippen molar-refractivity contribution in [2.45, 2.75) is 26.4 Å². The Balaban J connectivity index is 2.80. The summed E-state index contributed by atoms with van der Waals surface area (Å²) < 4.78 is 2.07. The van der Waals surface area contributed by atoms with E-state index in [0.29, 0.717) is 0 Å². The van der Waals surface area contributed by atoms with Crippen LogP contribution in [0.4, 0.5) is 0 Å². The molecule has 0 aliphatic heterocycles. The SMILES string of the molecule is CCn1c(C(C)N)nc2cccc(Cl)c21. The van der Waals surface area contributed by atoms with E-state index in [2.05, 4.69) is 16.5 Å². The monoisotopic (exact) mass is 223 g/mol. The summed E-state index contributed by atoms with van der Waals surface area (Å²) in [6, 6.07) is 5.67. The molecule has 3 nitrogen and oxygen atoms in total. The summed E-state index contributed by atoms with van der Waals surface area (Å²) in [6.45, 7) is 4.83. The van der Waals surface area contributed by atoms with Crippen LogP contribution in [0.3, 0.4) is 0 Å². The molecule has 0 aliphatic carbocycles. The van der Waals surface area contributed by atoms with Gasteiger partial charge in [-0.25, -0.2) is 4.98 Å². The maximum atomic E-state index is 6.16. The predicted molar refractivity (Wildman–Crippen MR) is 63.0 cm³/mol. The first kappa shape index (κ1) is 10.5. The summed E-state index contributed by atoms with van der Waals surface area (Å²) in [7, 11) is 0. The van der Waals surface area contributed by atoms with Crippen LogP contribution in [0.15, 0.2) is 18.2 Å². The number of rotatable bonds is 2. The van der Waals surface area contributed by atoms with Gasteiger partial charge in [0, 0.05) is 6.54 Å². The Hall–Kier alpha value is -1.06. The molecule has 15 heavy (non-hydrogen) atoms. The summed E-state index contributed by atoms with van der Waals surface area (Å²) in [5.74, 6) is 0.889. The lowest BCUT2D eigenvalue weighted by molar-refractivity contribution is 0.650. The number of imidazole rings is 1. The zero-order valence-corrected chi connectivity index (χ0v) is 9.62. The highest BCUT2D eigenvalue weighted by Gasteiger charge is 2.14. The third kappa shape index (κ3) is 1.62. The van der Waals surface area contributed by atoms with Crippen LogP contribution in [0.1, 0.15) is 25.7 Å². The molecule has 0 saturated heterocycles. The largest absolute Gasteiger partial charge is 0.326 e. The van der Waals surface area contributed by atoms with Gasteiger partial charge in [-0.2, -0.15) is 0 Å². The Morgan fingerprint density at radius 3 is 2.87 bits per heavy atom. The molecule has 1 heterocycles. The van der Waals surface area contributed by atoms with E-state index in [-0.39, 0.29) is 6.04 Å². The van der Waals surface area contributed by atoms with Gasteiger partial charge >= 0.3 is 0 Å². The van der Waals surface area contributed by atoms with E-state index < -0.39 is 0 Å². The molecule has 1 aromatic heterocycles. The van der Waals surface area contributed by atoms with Crippen molar-refractivity contribution in [3.8, 4) is 0 Å². The van der Waals surface area contributed by atoms with Gasteiger partial charge in [-0.3, -0.25) is 0 Å². The molecule has 0 saturated carbocycles. The Bertz CT molecular complexity index is 488. The van der Waals surface area contributed by atoms with Crippen LogP contribution in [0.25, 0.3) is 11.0 Å². The van der Waals surface area contributed by atoms with Crippen LogP contribution >= 0.6 is 11.6 Å². The smallest absolute Gasteiger partial charge is 0.126 e. The quantitative estimate of drug-likeness (QED) is 0.851. The highest BCUT2D eigenvalue weighted by atomic mass is 35.5. The second-order valence-electron chi connectivity index (χ2n) is 3.61. The van der Waals surface area contributed by atoms with E-state index in [1.807, 2.05) is 25.1 Å². The topological polar surface area (TPSA) is 43.8 Å². The van der Waals surface area contributed by atoms with E-state index in [1.54, 1.807) is 0 Å². The molecule has 2 N–H and O–H groups in total. The lowest BCUT2D eigenvalue weighted by atomic mass is 10.3. The minimum Gasteiger partial charge on any atom is -0.326 e. The van der Waals surface area contributed by atoms with Crippen LogP contribution in [0.2, 0.25) is 5.02 Å². The van der Waals surface area contributed by atoms with E-state index in [4.69, 9.17) is 17.3 Å². The van der Waals surface area contributed by atoms with Crippen LogP contribution < -0.4 is 5.73 Å². The zero-order chi connectivity index (χ0) is 11.0. The fourth-order valence-electron chi connectivity index (χ4n) is 1.83. The lowest BCUT2D eigenvalue weighted by Gasteiger charge is -2.08. The Morgan fingerprint density at radius 2 is 2.27 bits per heavy atom. The minimum absolute atomic E-state index is 0.0755. The Kier molecular flexibility index (Phi) is 2.67. The first-order valence-electron chi connectivity index (χ1n) is 5.05. The first-order valence-corrected chi connectivity index (χ1v) is 5.43. The van der Waals surface area contributed by atoms with Gasteiger partial charge in [0.25, 0.3) is 0 Å². The van der Waals surface area contributed by atoms with Crippen molar-refractivity contribution in [1.82, 2.24) is 9.55 Å². The number of hydrogen-bond donors (Lipinski definition) is 1. The molecule has 0 spiro atoms. The second-order valence-corrected chi connectivity index (χ2v) is 4.02. The van der Waals surface area contributed by atoms with E-state index in [9.17, 15) is 0 Å². The van der Waals surface area contributed by atoms with Gasteiger partial charge in [-0.1, -0.05) is 17.7 Å². The van der Waals surface area contributed by atoms with Gasteiger partial charge in [-0.05, 0) is 26.0 Å². The lowest BCUT2D eigenvalue weighted by Crippen LogP contribution is -2.12. The Labute approximate surface area is 93.9 Å². The summed E-state index contributed by atoms with van der Waals surface area (Å²) in [5, 5.41) is 0.730. The predicted octanol–water partition coefficient (Wildman–Crippen LogP) is 2.73. The number of nitrogens with two attached hydrogens (primary N) is 1. The van der Waals surface area contributed by atoms with Crippen molar-refractivity contribution in [1.29, 1.82) is 0 Å². The molecule has 2 aromatic rings. The van der Waals surface area contributed by atoms with E-state index in [0.717, 1.165) is 28.4 Å². The van der Waals surface area contributed by atoms with Crippen LogP contribution in [-0.2, 0) is 6.54 Å². The fraction of sp³-hybridized carbons (Fsp3) is 0.364. The molecule has 1 unspecified atom stereocenters. The number of benzene rings is 1. The molecule has 2 rings (SSSR count). The molecule has 1 atom stereocenters. The number of aryl methyl sites for hydroxylation is 1. The molecule has 0 radical (unpaired) electrons. The van der Waals surface area contributed by atoms with Crippen LogP contribution in [0.5, 0.6) is 0 Å². The normalized spacial score (nSPS) is 13.3. The maximum Gasteiger partial charge on any atom is 0.126 e. The summed E-state index contributed by atoms with van der Waals surface area (Å²) in [4.78, 5) is 4.50. The van der Waals surface area contributed by atoms with Crippen LogP contribution in [0, 0.1) is 0 Å². The Morgan fingerprint density at radius 1 is 1.53 bits per heavy atom. The van der Waals surface area contributed by atoms with Gasteiger partial charge in [0.1, 0.15) is 5.82 Å². The minimum atomic E-state index is -0.0755. The molecule has 80 valence electrons. The van der Waals surface area contributed by atoms with Gasteiger partial charge in [-0.15, -0.1) is 0 Å². The molecule has 1 aromatic carbocycles. The third-order valence-electron chi connectivity index (χ3n) is 2.47. The maximum absolute atomic E-state index is 6.16. The van der Waals surface area contributed by atoms with Crippen LogP contribution in [-0.4, -0.2) is 9.55 Å². The average Bonchev–Trinajstić information content (AvgIpc) is 2.57. The molecule has 0 aliphatic rings. The summed E-state index contributed by atoms with van der Waals surface area (Å²) >= 11 is 6.16. The van der Waals surface area contributed by atoms with Crippen molar-refractivity contribution in [2.24, 2.45) is 5.73 Å². The molecular formula is C11H14ClN3. The number of fused-ring (bicyclic) bond motifs is 1. The molecule has 0 bridgehead atoms. The van der Waals surface area contributed by atoms with Gasteiger partial charge in [0.2, 0.25) is 0 Å². The van der Waals surface area contributed by atoms with Crippen molar-refractivity contribution in [3.63, 3.8) is 0 Å². The third-order valence-corrected chi connectivity index (χ3v) is 2.78. The average molecular weight is 224 g/mol. The highest BCUT2D eigenvalue weighted by Crippen LogP contribution is 2.26. The standard InChI is InChI=1S/C11H14ClN3/c1-3-15-10-8(12)5-4-6-9(10)14-11(15)7(2)13/h4-7H,3,13H2,1-2H3. The van der Waals surface area contributed by atoms with Gasteiger partial charge in [0.05, 0.1) is 22.1 Å². The van der Waals surface area contributed by atoms with Crippen molar-refractivity contribution in [3.05, 3.63) is 29.0 Å². The molecule has 4 heteroatoms. The second kappa shape index (κ2) is 3.83. The van der Waals surface area contributed by atoms with Crippen molar-refractivity contribution >= 4 is 22.6 Å². The van der Waals surface area contributed by atoms with Gasteiger partial charge in [0.15, 0.2) is 0 Å². The summed E-state index contributed by atoms with van der Waals surface area (Å²) in [5.41, 5.74) is 7.77. The number of nitrogens with zero attached hydrogens (tertiary/aromatic N) is 2.